The summed E-state index contributed by atoms with van der Waals surface area (Å²) >= 11 is 9.28. The maximum absolute atomic E-state index is 5.93. The first-order valence-electron chi connectivity index (χ1n) is 4.99. The molecular weight excluding hydrogens is 302 g/mol. The maximum Gasteiger partial charge on any atom is 0.139 e. The first-order chi connectivity index (χ1) is 8.24. The summed E-state index contributed by atoms with van der Waals surface area (Å²) in [7, 11) is 0. The third-order valence-electron chi connectivity index (χ3n) is 2.46. The summed E-state index contributed by atoms with van der Waals surface area (Å²) in [6.45, 7) is 0. The number of aromatic nitrogens is 3. The highest BCUT2D eigenvalue weighted by Crippen LogP contribution is 2.21. The van der Waals surface area contributed by atoms with E-state index in [2.05, 4.69) is 25.9 Å². The minimum Gasteiger partial charge on any atom is -0.283 e. The number of fused-ring (bicyclic) bond motifs is 1. The second-order valence-electron chi connectivity index (χ2n) is 3.57. The highest BCUT2D eigenvalue weighted by molar-refractivity contribution is 9.10. The minimum absolute atomic E-state index is 0.685. The largest absolute Gasteiger partial charge is 0.283 e. The summed E-state index contributed by atoms with van der Waals surface area (Å²) in [5, 5.41) is 0.685. The van der Waals surface area contributed by atoms with E-state index in [1.54, 1.807) is 6.33 Å². The van der Waals surface area contributed by atoms with E-state index in [4.69, 9.17) is 11.6 Å². The molecule has 0 saturated heterocycles. The van der Waals surface area contributed by atoms with Gasteiger partial charge in [-0.1, -0.05) is 17.7 Å². The fourth-order valence-corrected chi connectivity index (χ4v) is 2.20. The number of benzene rings is 1. The molecule has 0 N–H and O–H groups in total. The topological polar surface area (TPSA) is 30.7 Å². The van der Waals surface area contributed by atoms with Crippen LogP contribution in [-0.2, 0) is 0 Å². The third-order valence-corrected chi connectivity index (χ3v) is 3.13. The number of halogens is 2. The SMILES string of the molecule is Clc1ccc2c(c1)ncn2-c1cccc(Br)n1. The molecule has 0 amide bonds. The zero-order valence-electron chi connectivity index (χ0n) is 8.64. The fourth-order valence-electron chi connectivity index (χ4n) is 1.70. The van der Waals surface area contributed by atoms with Crippen LogP contribution in [0.1, 0.15) is 0 Å². The van der Waals surface area contributed by atoms with Gasteiger partial charge in [-0.25, -0.2) is 9.97 Å². The molecule has 3 nitrogen and oxygen atoms in total. The maximum atomic E-state index is 5.93. The van der Waals surface area contributed by atoms with Crippen molar-refractivity contribution in [2.45, 2.75) is 0 Å². The Morgan fingerprint density at radius 2 is 2.06 bits per heavy atom. The van der Waals surface area contributed by atoms with Gasteiger partial charge in [-0.05, 0) is 46.3 Å². The highest BCUT2D eigenvalue weighted by atomic mass is 79.9. The predicted molar refractivity (Wildman–Crippen MR) is 71.6 cm³/mol. The first-order valence-corrected chi connectivity index (χ1v) is 6.17. The first kappa shape index (κ1) is 10.7. The Bertz CT molecular complexity index is 693. The van der Waals surface area contributed by atoms with Crippen LogP contribution in [0, 0.1) is 0 Å². The van der Waals surface area contributed by atoms with Crippen LogP contribution in [0.4, 0.5) is 0 Å². The van der Waals surface area contributed by atoms with Crippen molar-refractivity contribution >= 4 is 38.6 Å². The summed E-state index contributed by atoms with van der Waals surface area (Å²) in [4.78, 5) is 8.70. The minimum atomic E-state index is 0.685. The molecule has 0 spiro atoms. The molecule has 2 aromatic heterocycles. The van der Waals surface area contributed by atoms with E-state index in [0.29, 0.717) is 5.02 Å². The molecule has 0 aliphatic rings. The number of hydrogen-bond donors (Lipinski definition) is 0. The van der Waals surface area contributed by atoms with Gasteiger partial charge >= 0.3 is 0 Å². The van der Waals surface area contributed by atoms with Crippen LogP contribution >= 0.6 is 27.5 Å². The Labute approximate surface area is 111 Å². The molecule has 2 heterocycles. The van der Waals surface area contributed by atoms with E-state index in [1.165, 1.54) is 0 Å². The van der Waals surface area contributed by atoms with Gasteiger partial charge in [0.15, 0.2) is 0 Å². The number of imidazole rings is 1. The Hall–Kier alpha value is -1.39. The van der Waals surface area contributed by atoms with Crippen molar-refractivity contribution in [3.8, 4) is 5.82 Å². The lowest BCUT2D eigenvalue weighted by atomic mass is 10.3. The molecule has 3 rings (SSSR count). The molecule has 5 heteroatoms. The normalized spacial score (nSPS) is 10.9. The summed E-state index contributed by atoms with van der Waals surface area (Å²) in [5.74, 6) is 0.823. The number of nitrogens with zero attached hydrogens (tertiary/aromatic N) is 3. The monoisotopic (exact) mass is 307 g/mol. The number of pyridine rings is 1. The fraction of sp³-hybridized carbons (Fsp3) is 0. The van der Waals surface area contributed by atoms with Crippen LogP contribution < -0.4 is 0 Å². The molecule has 0 fully saturated rings. The van der Waals surface area contributed by atoms with E-state index < -0.39 is 0 Å². The van der Waals surface area contributed by atoms with Crippen LogP contribution in [0.15, 0.2) is 47.3 Å². The van der Waals surface area contributed by atoms with Gasteiger partial charge in [0, 0.05) is 5.02 Å². The van der Waals surface area contributed by atoms with Crippen LogP contribution in [0.2, 0.25) is 5.02 Å². The van der Waals surface area contributed by atoms with Gasteiger partial charge in [-0.3, -0.25) is 4.57 Å². The predicted octanol–water partition coefficient (Wildman–Crippen LogP) is 3.84. The van der Waals surface area contributed by atoms with Gasteiger partial charge in [0.05, 0.1) is 11.0 Å². The van der Waals surface area contributed by atoms with Gasteiger partial charge in [0.2, 0.25) is 0 Å². The Balaban J connectivity index is 2.24. The second-order valence-corrected chi connectivity index (χ2v) is 4.82. The molecule has 17 heavy (non-hydrogen) atoms. The highest BCUT2D eigenvalue weighted by Gasteiger charge is 2.06. The Kier molecular flexibility index (Phi) is 2.61. The van der Waals surface area contributed by atoms with Gasteiger partial charge < -0.3 is 0 Å². The van der Waals surface area contributed by atoms with E-state index in [-0.39, 0.29) is 0 Å². The number of rotatable bonds is 1. The van der Waals surface area contributed by atoms with E-state index in [9.17, 15) is 0 Å². The van der Waals surface area contributed by atoms with Gasteiger partial charge in [0.25, 0.3) is 0 Å². The molecule has 0 aliphatic heterocycles. The van der Waals surface area contributed by atoms with Gasteiger partial charge in [-0.15, -0.1) is 0 Å². The average Bonchev–Trinajstić information content (AvgIpc) is 2.71. The molecule has 1 aromatic carbocycles. The Morgan fingerprint density at radius 1 is 1.18 bits per heavy atom. The van der Waals surface area contributed by atoms with Crippen molar-refractivity contribution in [1.29, 1.82) is 0 Å². The van der Waals surface area contributed by atoms with E-state index >= 15 is 0 Å². The van der Waals surface area contributed by atoms with Crippen molar-refractivity contribution in [3.63, 3.8) is 0 Å². The Morgan fingerprint density at radius 3 is 2.88 bits per heavy atom. The molecule has 0 radical (unpaired) electrons. The van der Waals surface area contributed by atoms with Crippen LogP contribution in [0.5, 0.6) is 0 Å². The molecule has 0 bridgehead atoms. The quantitative estimate of drug-likeness (QED) is 0.640. The average molecular weight is 309 g/mol. The van der Waals surface area contributed by atoms with Crippen molar-refractivity contribution in [3.05, 3.63) is 52.4 Å². The lowest BCUT2D eigenvalue weighted by Gasteiger charge is -2.03. The standard InChI is InChI=1S/C12H7BrClN3/c13-11-2-1-3-12(16-11)17-7-15-9-6-8(14)4-5-10(9)17/h1-7H. The third kappa shape index (κ3) is 1.94. The van der Waals surface area contributed by atoms with Crippen molar-refractivity contribution in [2.75, 3.05) is 0 Å². The molecule has 3 aromatic rings. The second kappa shape index (κ2) is 4.13. The summed E-state index contributed by atoms with van der Waals surface area (Å²) in [6, 6.07) is 11.4. The van der Waals surface area contributed by atoms with Crippen LogP contribution in [-0.4, -0.2) is 14.5 Å². The van der Waals surface area contributed by atoms with Gasteiger partial charge in [-0.2, -0.15) is 0 Å². The molecular formula is C12H7BrClN3. The van der Waals surface area contributed by atoms with Crippen molar-refractivity contribution in [2.24, 2.45) is 0 Å². The van der Waals surface area contributed by atoms with Crippen LogP contribution in [0.3, 0.4) is 0 Å². The van der Waals surface area contributed by atoms with E-state index in [1.807, 2.05) is 41.0 Å². The number of hydrogen-bond acceptors (Lipinski definition) is 2. The van der Waals surface area contributed by atoms with Crippen molar-refractivity contribution in [1.82, 2.24) is 14.5 Å². The zero-order valence-corrected chi connectivity index (χ0v) is 11.0. The smallest absolute Gasteiger partial charge is 0.139 e. The molecule has 84 valence electrons. The summed E-state index contributed by atoms with van der Waals surface area (Å²) in [5.41, 5.74) is 1.85. The lowest BCUT2D eigenvalue weighted by Crippen LogP contribution is -1.95. The van der Waals surface area contributed by atoms with E-state index in [0.717, 1.165) is 21.5 Å². The summed E-state index contributed by atoms with van der Waals surface area (Å²) < 4.78 is 2.72. The van der Waals surface area contributed by atoms with Crippen LogP contribution in [0.25, 0.3) is 16.9 Å². The summed E-state index contributed by atoms with van der Waals surface area (Å²) in [6.07, 6.45) is 1.75. The molecule has 0 aliphatic carbocycles. The van der Waals surface area contributed by atoms with Crippen molar-refractivity contribution < 1.29 is 0 Å². The lowest BCUT2D eigenvalue weighted by molar-refractivity contribution is 1.01. The molecule has 0 saturated carbocycles. The van der Waals surface area contributed by atoms with Gasteiger partial charge in [0.1, 0.15) is 16.7 Å². The zero-order chi connectivity index (χ0) is 11.8. The molecule has 0 unspecified atom stereocenters. The molecule has 0 atom stereocenters.